The zero-order valence-electron chi connectivity index (χ0n) is 21.3. The molecule has 0 saturated carbocycles. The highest BCUT2D eigenvalue weighted by Crippen LogP contribution is 2.30. The minimum Gasteiger partial charge on any atom is -0.347 e. The lowest BCUT2D eigenvalue weighted by molar-refractivity contribution is -0.0473. The summed E-state index contributed by atoms with van der Waals surface area (Å²) in [6.07, 6.45) is 4.06. The molecule has 1 aliphatic heterocycles. The van der Waals surface area contributed by atoms with Crippen molar-refractivity contribution in [3.05, 3.63) is 59.2 Å². The molecule has 0 saturated heterocycles. The largest absolute Gasteiger partial charge is 0.516 e. The number of benzene rings is 1. The Bertz CT molecular complexity index is 1480. The number of aromatic nitrogens is 3. The first-order valence-corrected chi connectivity index (χ1v) is 13.4. The second-order valence-corrected chi connectivity index (χ2v) is 11.0. The number of aryl methyl sites for hydroxylation is 2. The van der Waals surface area contributed by atoms with Crippen LogP contribution >= 0.6 is 0 Å². The van der Waals surface area contributed by atoms with E-state index in [0.29, 0.717) is 33.6 Å². The number of fused-ring (bicyclic) bond motifs is 1. The van der Waals surface area contributed by atoms with Gasteiger partial charge in [-0.25, -0.2) is 14.3 Å². The van der Waals surface area contributed by atoms with Gasteiger partial charge in [0.05, 0.1) is 24.5 Å². The maximum absolute atomic E-state index is 13.1. The van der Waals surface area contributed by atoms with Gasteiger partial charge >= 0.3 is 15.5 Å². The van der Waals surface area contributed by atoms with Gasteiger partial charge in [-0.05, 0) is 36.6 Å². The van der Waals surface area contributed by atoms with Gasteiger partial charge in [-0.3, -0.25) is 14.2 Å². The summed E-state index contributed by atoms with van der Waals surface area (Å²) >= 11 is 0. The van der Waals surface area contributed by atoms with Gasteiger partial charge in [0, 0.05) is 24.9 Å². The van der Waals surface area contributed by atoms with Crippen LogP contribution in [0.2, 0.25) is 0 Å². The molecule has 2 aromatic heterocycles. The Labute approximate surface area is 218 Å². The molecule has 0 spiro atoms. The SMILES string of the molecule is CCc1nc2ncc(C)cn2c1C(=O)NCc1ccc(N2CCN(S(=O)(=O)C(F)(F)F)C(C(C)C)=N2)cc1. The van der Waals surface area contributed by atoms with Gasteiger partial charge < -0.3 is 5.32 Å². The fourth-order valence-electron chi connectivity index (χ4n) is 4.10. The molecule has 1 N–H and O–H groups in total. The lowest BCUT2D eigenvalue weighted by Gasteiger charge is -2.35. The van der Waals surface area contributed by atoms with Crippen LogP contribution in [0.1, 0.15) is 48.1 Å². The van der Waals surface area contributed by atoms with Gasteiger partial charge in [-0.2, -0.15) is 26.7 Å². The van der Waals surface area contributed by atoms with E-state index in [2.05, 4.69) is 20.4 Å². The van der Waals surface area contributed by atoms with Crippen LogP contribution in [0.15, 0.2) is 41.8 Å². The van der Waals surface area contributed by atoms with E-state index < -0.39 is 21.4 Å². The molecule has 0 radical (unpaired) electrons. The molecule has 1 aromatic carbocycles. The minimum absolute atomic E-state index is 0.0524. The number of halogens is 3. The molecule has 14 heteroatoms. The lowest BCUT2D eigenvalue weighted by Crippen LogP contribution is -2.52. The fourth-order valence-corrected chi connectivity index (χ4v) is 5.16. The van der Waals surface area contributed by atoms with Crippen molar-refractivity contribution in [3.8, 4) is 0 Å². The predicted molar refractivity (Wildman–Crippen MR) is 136 cm³/mol. The Morgan fingerprint density at radius 1 is 1.16 bits per heavy atom. The summed E-state index contributed by atoms with van der Waals surface area (Å²) in [5.41, 5.74) is -2.08. The Hall–Kier alpha value is -3.68. The molecule has 1 aliphatic rings. The van der Waals surface area contributed by atoms with Crippen molar-refractivity contribution in [1.29, 1.82) is 0 Å². The Morgan fingerprint density at radius 2 is 1.84 bits per heavy atom. The molecule has 0 aliphatic carbocycles. The van der Waals surface area contributed by atoms with Crippen molar-refractivity contribution in [2.24, 2.45) is 11.0 Å². The van der Waals surface area contributed by atoms with Crippen LogP contribution in [0.25, 0.3) is 5.78 Å². The second-order valence-electron chi connectivity index (χ2n) is 9.17. The second kappa shape index (κ2) is 10.2. The molecule has 38 heavy (non-hydrogen) atoms. The number of nitrogens with one attached hydrogen (secondary N) is 1. The third-order valence-corrected chi connectivity index (χ3v) is 7.55. The van der Waals surface area contributed by atoms with E-state index in [1.807, 2.05) is 20.0 Å². The molecule has 0 atom stereocenters. The molecular formula is C24H28F3N7O3S. The maximum Gasteiger partial charge on any atom is 0.516 e. The van der Waals surface area contributed by atoms with Crippen molar-refractivity contribution in [2.75, 3.05) is 18.1 Å². The average molecular weight is 552 g/mol. The predicted octanol–water partition coefficient (Wildman–Crippen LogP) is 3.47. The van der Waals surface area contributed by atoms with Crippen LogP contribution in [-0.2, 0) is 23.0 Å². The van der Waals surface area contributed by atoms with Gasteiger partial charge in [0.1, 0.15) is 11.5 Å². The number of rotatable bonds is 7. The van der Waals surface area contributed by atoms with E-state index >= 15 is 0 Å². The molecule has 0 fully saturated rings. The van der Waals surface area contributed by atoms with Crippen molar-refractivity contribution >= 4 is 33.2 Å². The van der Waals surface area contributed by atoms with E-state index in [0.717, 1.165) is 11.1 Å². The molecule has 4 rings (SSSR count). The summed E-state index contributed by atoms with van der Waals surface area (Å²) in [7, 11) is -5.54. The van der Waals surface area contributed by atoms with Gasteiger partial charge in [0.2, 0.25) is 5.78 Å². The third-order valence-electron chi connectivity index (χ3n) is 6.01. The number of sulfonamides is 1. The zero-order chi connectivity index (χ0) is 27.8. The van der Waals surface area contributed by atoms with E-state index in [-0.39, 0.29) is 31.4 Å². The van der Waals surface area contributed by atoms with Gasteiger partial charge in [-0.1, -0.05) is 32.9 Å². The summed E-state index contributed by atoms with van der Waals surface area (Å²) in [6.45, 7) is 6.75. The number of carbonyl (C=O) groups excluding carboxylic acids is 1. The number of nitrogens with zero attached hydrogens (tertiary/aromatic N) is 6. The number of amidine groups is 1. The van der Waals surface area contributed by atoms with Gasteiger partial charge in [0.25, 0.3) is 5.91 Å². The van der Waals surface area contributed by atoms with Crippen LogP contribution in [0.5, 0.6) is 0 Å². The standard InChI is InChI=1S/C24H28F3N7O3S/c1-5-19-20(32-14-16(4)12-29-23(32)30-19)22(35)28-13-17-6-8-18(9-7-17)33-10-11-34(21(31-33)15(2)3)38(36,37)24(25,26)27/h6-9,12,14-15H,5,10-11,13H2,1-4H3,(H,28,35). The highest BCUT2D eigenvalue weighted by atomic mass is 32.2. The molecular weight excluding hydrogens is 523 g/mol. The van der Waals surface area contributed by atoms with Crippen LogP contribution in [0.3, 0.4) is 0 Å². The van der Waals surface area contributed by atoms with E-state index in [1.165, 1.54) is 5.01 Å². The molecule has 3 aromatic rings. The van der Waals surface area contributed by atoms with E-state index in [4.69, 9.17) is 0 Å². The molecule has 0 unspecified atom stereocenters. The van der Waals surface area contributed by atoms with Crippen LogP contribution in [0, 0.1) is 12.8 Å². The van der Waals surface area contributed by atoms with Crippen molar-refractivity contribution < 1.29 is 26.4 Å². The number of hydrazone groups is 1. The summed E-state index contributed by atoms with van der Waals surface area (Å²) in [5.74, 6) is -0.587. The van der Waals surface area contributed by atoms with Gasteiger partial charge in [0.15, 0.2) is 0 Å². The normalized spacial score (nSPS) is 14.8. The summed E-state index contributed by atoms with van der Waals surface area (Å²) in [4.78, 5) is 21.7. The number of anilines is 1. The number of hydrogen-bond donors (Lipinski definition) is 1. The zero-order valence-corrected chi connectivity index (χ0v) is 22.1. The van der Waals surface area contributed by atoms with Crippen molar-refractivity contribution in [2.45, 2.75) is 46.2 Å². The number of imidazole rings is 1. The van der Waals surface area contributed by atoms with E-state index in [9.17, 15) is 26.4 Å². The summed E-state index contributed by atoms with van der Waals surface area (Å²) in [5, 5.41) is 8.59. The maximum atomic E-state index is 13.1. The summed E-state index contributed by atoms with van der Waals surface area (Å²) in [6, 6.07) is 6.96. The Balaban J connectivity index is 1.49. The minimum atomic E-state index is -5.54. The van der Waals surface area contributed by atoms with Crippen LogP contribution in [-0.4, -0.2) is 57.4 Å². The number of amides is 1. The fraction of sp³-hybridized carbons (Fsp3) is 0.417. The van der Waals surface area contributed by atoms with Crippen molar-refractivity contribution in [1.82, 2.24) is 24.0 Å². The lowest BCUT2D eigenvalue weighted by atomic mass is 10.1. The summed E-state index contributed by atoms with van der Waals surface area (Å²) < 4.78 is 65.4. The third kappa shape index (κ3) is 5.17. The molecule has 1 amide bonds. The smallest absolute Gasteiger partial charge is 0.347 e. The van der Waals surface area contributed by atoms with Crippen LogP contribution < -0.4 is 10.3 Å². The number of carbonyl (C=O) groups is 1. The number of hydrogen-bond acceptors (Lipinski definition) is 7. The first-order valence-electron chi connectivity index (χ1n) is 12.0. The quantitative estimate of drug-likeness (QED) is 0.481. The Morgan fingerprint density at radius 3 is 2.45 bits per heavy atom. The highest BCUT2D eigenvalue weighted by Gasteiger charge is 2.52. The molecule has 204 valence electrons. The monoisotopic (exact) mass is 551 g/mol. The first kappa shape index (κ1) is 27.4. The van der Waals surface area contributed by atoms with Crippen molar-refractivity contribution in [3.63, 3.8) is 0 Å². The highest BCUT2D eigenvalue weighted by molar-refractivity contribution is 7.90. The Kier molecular flexibility index (Phi) is 7.37. The number of alkyl halides is 3. The average Bonchev–Trinajstić information content (AvgIpc) is 3.24. The molecule has 10 nitrogen and oxygen atoms in total. The van der Waals surface area contributed by atoms with E-state index in [1.54, 1.807) is 48.7 Å². The first-order chi connectivity index (χ1) is 17.8. The topological polar surface area (TPSA) is 112 Å². The van der Waals surface area contributed by atoms with Gasteiger partial charge in [-0.15, -0.1) is 0 Å². The molecule has 0 bridgehead atoms. The van der Waals surface area contributed by atoms with Crippen LogP contribution in [0.4, 0.5) is 18.9 Å². The molecule has 3 heterocycles.